The molecule has 26 heavy (non-hydrogen) atoms. The van der Waals surface area contributed by atoms with Crippen LogP contribution in [0.1, 0.15) is 20.7 Å². The van der Waals surface area contributed by atoms with Gasteiger partial charge in [0.1, 0.15) is 5.82 Å². The largest absolute Gasteiger partial charge is 0.384 e. The van der Waals surface area contributed by atoms with Crippen LogP contribution in [0.4, 0.5) is 11.5 Å². The molecular formula is C17H15ClN4O4. The van der Waals surface area contributed by atoms with Gasteiger partial charge in [0.05, 0.1) is 35.1 Å². The standard InChI is InChI=1S/C17H15ClN4O4/c18-11-2-1-9(21-3-5-26-6-4-21)7-12(11)22-13(23)8-10-14(15(22)19)17(25)20-16(10)24/h1-2,7-8H,3-6,19H2,(H,20,24,25). The van der Waals surface area contributed by atoms with E-state index in [1.54, 1.807) is 12.1 Å². The number of carbonyl (C=O) groups excluding carboxylic acids is 2. The Morgan fingerprint density at radius 1 is 1.08 bits per heavy atom. The number of morpholine rings is 1. The summed E-state index contributed by atoms with van der Waals surface area (Å²) in [4.78, 5) is 38.5. The molecule has 1 aromatic heterocycles. The molecule has 0 radical (unpaired) electrons. The lowest BCUT2D eigenvalue weighted by Gasteiger charge is -2.29. The summed E-state index contributed by atoms with van der Waals surface area (Å²) in [6.07, 6.45) is 0. The van der Waals surface area contributed by atoms with Crippen LogP contribution in [0, 0.1) is 0 Å². The van der Waals surface area contributed by atoms with Crippen molar-refractivity contribution in [1.29, 1.82) is 0 Å². The van der Waals surface area contributed by atoms with Crippen LogP contribution in [0.2, 0.25) is 5.02 Å². The van der Waals surface area contributed by atoms with Crippen LogP contribution < -0.4 is 21.5 Å². The maximum atomic E-state index is 12.6. The van der Waals surface area contributed by atoms with Gasteiger partial charge >= 0.3 is 0 Å². The molecule has 3 N–H and O–H groups in total. The topological polar surface area (TPSA) is 107 Å². The van der Waals surface area contributed by atoms with Crippen molar-refractivity contribution in [2.24, 2.45) is 0 Å². The summed E-state index contributed by atoms with van der Waals surface area (Å²) in [6.45, 7) is 2.65. The summed E-state index contributed by atoms with van der Waals surface area (Å²) in [6, 6.07) is 6.37. The average Bonchev–Trinajstić information content (AvgIpc) is 2.91. The van der Waals surface area contributed by atoms with E-state index >= 15 is 0 Å². The molecule has 2 aliphatic heterocycles. The third-order valence-electron chi connectivity index (χ3n) is 4.50. The number of nitrogens with zero attached hydrogens (tertiary/aromatic N) is 2. The molecule has 0 bridgehead atoms. The molecule has 1 saturated heterocycles. The molecule has 0 atom stereocenters. The third kappa shape index (κ3) is 2.54. The van der Waals surface area contributed by atoms with Crippen molar-refractivity contribution in [3.63, 3.8) is 0 Å². The van der Waals surface area contributed by atoms with Crippen LogP contribution >= 0.6 is 11.6 Å². The second-order valence-corrected chi connectivity index (χ2v) is 6.42. The lowest BCUT2D eigenvalue weighted by atomic mass is 10.1. The van der Waals surface area contributed by atoms with Crippen molar-refractivity contribution in [3.05, 3.63) is 50.8 Å². The molecule has 9 heteroatoms. The third-order valence-corrected chi connectivity index (χ3v) is 4.82. The van der Waals surface area contributed by atoms with E-state index in [1.807, 2.05) is 6.07 Å². The number of fused-ring (bicyclic) bond motifs is 1. The maximum absolute atomic E-state index is 12.6. The summed E-state index contributed by atoms with van der Waals surface area (Å²) in [7, 11) is 0. The van der Waals surface area contributed by atoms with Gasteiger partial charge in [-0.25, -0.2) is 0 Å². The Balaban J connectivity index is 1.88. The highest BCUT2D eigenvalue weighted by Gasteiger charge is 2.32. The normalized spacial score (nSPS) is 16.6. The smallest absolute Gasteiger partial charge is 0.262 e. The molecule has 2 aromatic rings. The Kier molecular flexibility index (Phi) is 3.93. The number of rotatable bonds is 2. The minimum absolute atomic E-state index is 0.0116. The molecule has 0 saturated carbocycles. The Morgan fingerprint density at radius 3 is 2.54 bits per heavy atom. The van der Waals surface area contributed by atoms with Crippen LogP contribution in [-0.2, 0) is 4.74 Å². The van der Waals surface area contributed by atoms with Gasteiger partial charge in [-0.1, -0.05) is 11.6 Å². The monoisotopic (exact) mass is 374 g/mol. The number of nitrogen functional groups attached to an aromatic ring is 1. The highest BCUT2D eigenvalue weighted by atomic mass is 35.5. The number of nitrogens with two attached hydrogens (primary N) is 1. The number of pyridine rings is 1. The fraction of sp³-hybridized carbons (Fsp3) is 0.235. The summed E-state index contributed by atoms with van der Waals surface area (Å²) < 4.78 is 6.51. The number of hydrogen-bond acceptors (Lipinski definition) is 6. The van der Waals surface area contributed by atoms with Crippen LogP contribution in [0.25, 0.3) is 5.69 Å². The van der Waals surface area contributed by atoms with Gasteiger partial charge in [-0.05, 0) is 18.2 Å². The van der Waals surface area contributed by atoms with Crippen LogP contribution in [-0.4, -0.2) is 42.7 Å². The lowest BCUT2D eigenvalue weighted by molar-refractivity contribution is 0.0880. The van der Waals surface area contributed by atoms with E-state index in [0.29, 0.717) is 37.0 Å². The van der Waals surface area contributed by atoms with E-state index in [9.17, 15) is 14.4 Å². The van der Waals surface area contributed by atoms with E-state index in [0.717, 1.165) is 16.3 Å². The Morgan fingerprint density at radius 2 is 1.81 bits per heavy atom. The summed E-state index contributed by atoms with van der Waals surface area (Å²) in [5, 5.41) is 2.45. The van der Waals surface area contributed by atoms with Crippen LogP contribution in [0.15, 0.2) is 29.1 Å². The first-order valence-corrected chi connectivity index (χ1v) is 8.39. The molecule has 0 spiro atoms. The van der Waals surface area contributed by atoms with Gasteiger partial charge in [-0.15, -0.1) is 0 Å². The summed E-state index contributed by atoms with van der Waals surface area (Å²) in [5.74, 6) is -1.37. The van der Waals surface area contributed by atoms with Gasteiger partial charge in [0.15, 0.2) is 0 Å². The Hall–Kier alpha value is -2.84. The van der Waals surface area contributed by atoms with Gasteiger partial charge in [0.2, 0.25) is 0 Å². The SMILES string of the molecule is Nc1c2c(cc(=O)n1-c1cc(N3CCOCC3)ccc1Cl)C(=O)NC2=O. The highest BCUT2D eigenvalue weighted by molar-refractivity contribution is 6.32. The second-order valence-electron chi connectivity index (χ2n) is 6.01. The van der Waals surface area contributed by atoms with Crippen molar-refractivity contribution in [2.45, 2.75) is 0 Å². The zero-order valence-corrected chi connectivity index (χ0v) is 14.4. The van der Waals surface area contributed by atoms with E-state index in [2.05, 4.69) is 10.2 Å². The fourth-order valence-electron chi connectivity index (χ4n) is 3.22. The molecule has 134 valence electrons. The molecule has 1 fully saturated rings. The summed E-state index contributed by atoms with van der Waals surface area (Å²) >= 11 is 6.30. The molecule has 8 nitrogen and oxygen atoms in total. The van der Waals surface area contributed by atoms with Crippen molar-refractivity contribution < 1.29 is 14.3 Å². The number of ether oxygens (including phenoxy) is 1. The van der Waals surface area contributed by atoms with E-state index in [1.165, 1.54) is 0 Å². The van der Waals surface area contributed by atoms with Gasteiger partial charge in [-0.3, -0.25) is 24.3 Å². The highest BCUT2D eigenvalue weighted by Crippen LogP contribution is 2.30. The number of anilines is 2. The maximum Gasteiger partial charge on any atom is 0.262 e. The molecule has 0 aliphatic carbocycles. The van der Waals surface area contributed by atoms with Crippen molar-refractivity contribution in [1.82, 2.24) is 9.88 Å². The molecular weight excluding hydrogens is 360 g/mol. The van der Waals surface area contributed by atoms with E-state index < -0.39 is 17.4 Å². The van der Waals surface area contributed by atoms with Crippen molar-refractivity contribution in [2.75, 3.05) is 36.9 Å². The zero-order valence-electron chi connectivity index (χ0n) is 13.6. The van der Waals surface area contributed by atoms with Gasteiger partial charge in [-0.2, -0.15) is 0 Å². The van der Waals surface area contributed by atoms with Crippen molar-refractivity contribution >= 4 is 34.9 Å². The average molecular weight is 375 g/mol. The Bertz CT molecular complexity index is 995. The predicted molar refractivity (Wildman–Crippen MR) is 96.3 cm³/mol. The van der Waals surface area contributed by atoms with Crippen molar-refractivity contribution in [3.8, 4) is 5.69 Å². The number of benzene rings is 1. The minimum Gasteiger partial charge on any atom is -0.384 e. The molecule has 2 amide bonds. The molecule has 2 aliphatic rings. The molecule has 3 heterocycles. The molecule has 4 rings (SSSR count). The lowest BCUT2D eigenvalue weighted by Crippen LogP contribution is -2.36. The van der Waals surface area contributed by atoms with E-state index in [-0.39, 0.29) is 16.9 Å². The zero-order chi connectivity index (χ0) is 18.4. The quantitative estimate of drug-likeness (QED) is 0.753. The number of carbonyl (C=O) groups is 2. The molecule has 1 aromatic carbocycles. The number of amides is 2. The number of hydrogen-bond donors (Lipinski definition) is 2. The number of nitrogens with one attached hydrogen (secondary N) is 1. The van der Waals surface area contributed by atoms with Crippen LogP contribution in [0.3, 0.4) is 0 Å². The first-order valence-electron chi connectivity index (χ1n) is 8.01. The second kappa shape index (κ2) is 6.15. The first kappa shape index (κ1) is 16.6. The number of halogens is 1. The number of aromatic nitrogens is 1. The predicted octanol–water partition coefficient (Wildman–Crippen LogP) is 0.793. The van der Waals surface area contributed by atoms with Gasteiger partial charge < -0.3 is 15.4 Å². The summed E-state index contributed by atoms with van der Waals surface area (Å²) in [5.41, 5.74) is 6.73. The van der Waals surface area contributed by atoms with E-state index in [4.69, 9.17) is 22.1 Å². The van der Waals surface area contributed by atoms with Gasteiger partial charge in [0.25, 0.3) is 17.4 Å². The van der Waals surface area contributed by atoms with Crippen LogP contribution in [0.5, 0.6) is 0 Å². The molecule has 0 unspecified atom stereocenters. The van der Waals surface area contributed by atoms with Gasteiger partial charge in [0, 0.05) is 24.8 Å². The Labute approximate surface area is 153 Å². The number of imide groups is 1. The first-order chi connectivity index (χ1) is 12.5. The fourth-order valence-corrected chi connectivity index (χ4v) is 3.42. The minimum atomic E-state index is -0.630.